The van der Waals surface area contributed by atoms with Crippen molar-refractivity contribution >= 4 is 55.7 Å². The maximum absolute atomic E-state index is 2.36. The average molecular weight is 693 g/mol. The minimum absolute atomic E-state index is 1.11. The molecule has 0 aromatic heterocycles. The van der Waals surface area contributed by atoms with Crippen LogP contribution in [0.15, 0.2) is 206 Å². The van der Waals surface area contributed by atoms with Gasteiger partial charge in [0.25, 0.3) is 0 Å². The molecule has 0 fully saturated rings. The molecule has 9 aromatic rings. The first-order valence-electron chi connectivity index (χ1n) is 18.6. The first-order valence-corrected chi connectivity index (χ1v) is 18.6. The molecule has 0 heterocycles. The lowest BCUT2D eigenvalue weighted by molar-refractivity contribution is 1.28. The Bertz CT molecular complexity index is 2420. The van der Waals surface area contributed by atoms with E-state index in [0.29, 0.717) is 0 Å². The minimum atomic E-state index is 1.11. The molecule has 0 aliphatic carbocycles. The fourth-order valence-corrected chi connectivity index (χ4v) is 7.83. The summed E-state index contributed by atoms with van der Waals surface area (Å²) in [6.07, 6.45) is 0. The highest BCUT2D eigenvalue weighted by Crippen LogP contribution is 2.47. The molecule has 0 radical (unpaired) electrons. The summed E-state index contributed by atoms with van der Waals surface area (Å²) >= 11 is 0. The minimum Gasteiger partial charge on any atom is -0.311 e. The van der Waals surface area contributed by atoms with E-state index in [-0.39, 0.29) is 0 Å². The second-order valence-electron chi connectivity index (χ2n) is 14.0. The van der Waals surface area contributed by atoms with Gasteiger partial charge >= 0.3 is 0 Å². The maximum atomic E-state index is 2.36. The summed E-state index contributed by atoms with van der Waals surface area (Å²) in [5.41, 5.74) is 14.1. The molecule has 2 heteroatoms. The maximum Gasteiger partial charge on any atom is 0.0462 e. The predicted molar refractivity (Wildman–Crippen MR) is 231 cm³/mol. The van der Waals surface area contributed by atoms with E-state index in [1.165, 1.54) is 54.9 Å². The summed E-state index contributed by atoms with van der Waals surface area (Å²) in [4.78, 5) is 4.64. The average Bonchev–Trinajstić information content (AvgIpc) is 3.23. The van der Waals surface area contributed by atoms with Crippen molar-refractivity contribution in [2.24, 2.45) is 0 Å². The number of para-hydroxylation sites is 4. The SMILES string of the molecule is Cc1ccc2c(c1)c(-c1ccc(N(c3ccccc3)c3ccccc3)cc1)c(-c1ccc(N(c3ccccc3)c3ccccc3)cc1)c1cc(C)ccc12. The van der Waals surface area contributed by atoms with Gasteiger partial charge in [0.05, 0.1) is 0 Å². The lowest BCUT2D eigenvalue weighted by Crippen LogP contribution is -2.09. The van der Waals surface area contributed by atoms with Crippen molar-refractivity contribution in [1.82, 2.24) is 0 Å². The highest BCUT2D eigenvalue weighted by Gasteiger charge is 2.20. The molecule has 0 unspecified atom stereocenters. The van der Waals surface area contributed by atoms with Gasteiger partial charge in [0.2, 0.25) is 0 Å². The van der Waals surface area contributed by atoms with Crippen molar-refractivity contribution in [1.29, 1.82) is 0 Å². The highest BCUT2D eigenvalue weighted by molar-refractivity contribution is 6.22. The molecule has 0 aliphatic heterocycles. The number of anilines is 6. The Kier molecular flexibility index (Phi) is 8.70. The van der Waals surface area contributed by atoms with Gasteiger partial charge in [-0.3, -0.25) is 0 Å². The lowest BCUT2D eigenvalue weighted by Gasteiger charge is -2.26. The van der Waals surface area contributed by atoms with E-state index < -0.39 is 0 Å². The summed E-state index contributed by atoms with van der Waals surface area (Å²) in [5.74, 6) is 0. The van der Waals surface area contributed by atoms with Crippen LogP contribution in [0.2, 0.25) is 0 Å². The summed E-state index contributed by atoms with van der Waals surface area (Å²) in [6.45, 7) is 4.39. The van der Waals surface area contributed by atoms with Gasteiger partial charge in [-0.2, -0.15) is 0 Å². The van der Waals surface area contributed by atoms with E-state index in [0.717, 1.165) is 34.1 Å². The van der Waals surface area contributed by atoms with Gasteiger partial charge in [-0.1, -0.05) is 145 Å². The van der Waals surface area contributed by atoms with Crippen LogP contribution in [0.4, 0.5) is 34.1 Å². The van der Waals surface area contributed by atoms with Gasteiger partial charge in [-0.15, -0.1) is 0 Å². The Morgan fingerprint density at radius 2 is 0.537 bits per heavy atom. The van der Waals surface area contributed by atoms with Gasteiger partial charge in [-0.05, 0) is 130 Å². The number of hydrogen-bond donors (Lipinski definition) is 0. The zero-order valence-corrected chi connectivity index (χ0v) is 30.5. The summed E-state index contributed by atoms with van der Waals surface area (Å²) in [6, 6.07) is 74.5. The van der Waals surface area contributed by atoms with Crippen molar-refractivity contribution in [3.63, 3.8) is 0 Å². The van der Waals surface area contributed by atoms with Gasteiger partial charge in [0, 0.05) is 34.1 Å². The predicted octanol–water partition coefficient (Wildman–Crippen LogP) is 14.9. The Morgan fingerprint density at radius 3 is 0.833 bits per heavy atom. The van der Waals surface area contributed by atoms with Crippen LogP contribution in [0.1, 0.15) is 11.1 Å². The standard InChI is InChI=1S/C52H40N2/c1-37-23-33-47-48-34-24-38(2)36-50(48)52(40-27-31-46(32-28-40)54(43-19-11-5-12-20-43)44-21-13-6-14-22-44)51(49(47)35-37)39-25-29-45(30-26-39)53(41-15-7-3-8-16-41)42-17-9-4-10-18-42/h3-36H,1-2H3. The number of fused-ring (bicyclic) bond motifs is 3. The van der Waals surface area contributed by atoms with Crippen molar-refractivity contribution < 1.29 is 0 Å². The van der Waals surface area contributed by atoms with Crippen LogP contribution in [0, 0.1) is 13.8 Å². The molecule has 2 nitrogen and oxygen atoms in total. The Labute approximate surface area is 317 Å². The summed E-state index contributed by atoms with van der Waals surface area (Å²) in [7, 11) is 0. The number of rotatable bonds is 8. The van der Waals surface area contributed by atoms with E-state index in [1.54, 1.807) is 0 Å². The van der Waals surface area contributed by atoms with Crippen molar-refractivity contribution in [3.8, 4) is 22.3 Å². The Hall–Kier alpha value is -6.90. The Balaban J connectivity index is 1.24. The van der Waals surface area contributed by atoms with Crippen LogP contribution < -0.4 is 9.80 Å². The zero-order valence-electron chi connectivity index (χ0n) is 30.5. The normalized spacial score (nSPS) is 11.1. The second kappa shape index (κ2) is 14.3. The quantitative estimate of drug-likeness (QED) is 0.146. The number of aryl methyl sites for hydroxylation is 2. The van der Waals surface area contributed by atoms with Crippen LogP contribution in [-0.4, -0.2) is 0 Å². The van der Waals surface area contributed by atoms with Crippen LogP contribution in [0.5, 0.6) is 0 Å². The molecule has 0 aliphatic rings. The molecule has 0 atom stereocenters. The highest BCUT2D eigenvalue weighted by atomic mass is 15.1. The lowest BCUT2D eigenvalue weighted by atomic mass is 9.84. The smallest absolute Gasteiger partial charge is 0.0462 e. The number of hydrogen-bond acceptors (Lipinski definition) is 2. The molecule has 0 saturated heterocycles. The van der Waals surface area contributed by atoms with Gasteiger partial charge in [-0.25, -0.2) is 0 Å². The van der Waals surface area contributed by atoms with Gasteiger partial charge < -0.3 is 9.80 Å². The molecule has 258 valence electrons. The molecule has 0 bridgehead atoms. The Morgan fingerprint density at radius 1 is 0.259 bits per heavy atom. The topological polar surface area (TPSA) is 6.48 Å². The van der Waals surface area contributed by atoms with Gasteiger partial charge in [0.1, 0.15) is 0 Å². The summed E-state index contributed by atoms with van der Waals surface area (Å²) < 4.78 is 0. The first-order chi connectivity index (χ1) is 26.6. The first kappa shape index (κ1) is 33.0. The van der Waals surface area contributed by atoms with Gasteiger partial charge in [0.15, 0.2) is 0 Å². The molecule has 0 saturated carbocycles. The third kappa shape index (κ3) is 6.18. The van der Waals surface area contributed by atoms with Crippen LogP contribution in [0.3, 0.4) is 0 Å². The molecule has 9 aromatic carbocycles. The monoisotopic (exact) mass is 692 g/mol. The van der Waals surface area contributed by atoms with E-state index >= 15 is 0 Å². The molecule has 0 N–H and O–H groups in total. The van der Waals surface area contributed by atoms with E-state index in [9.17, 15) is 0 Å². The third-order valence-electron chi connectivity index (χ3n) is 10.3. The van der Waals surface area contributed by atoms with E-state index in [1.807, 2.05) is 0 Å². The van der Waals surface area contributed by atoms with E-state index in [2.05, 4.69) is 230 Å². The molecule has 0 amide bonds. The van der Waals surface area contributed by atoms with Crippen molar-refractivity contribution in [3.05, 3.63) is 217 Å². The molecule has 0 spiro atoms. The van der Waals surface area contributed by atoms with Crippen LogP contribution >= 0.6 is 0 Å². The fourth-order valence-electron chi connectivity index (χ4n) is 7.83. The largest absolute Gasteiger partial charge is 0.311 e. The van der Waals surface area contributed by atoms with Crippen molar-refractivity contribution in [2.75, 3.05) is 9.80 Å². The zero-order chi connectivity index (χ0) is 36.4. The second-order valence-corrected chi connectivity index (χ2v) is 14.0. The fraction of sp³-hybridized carbons (Fsp3) is 0.0385. The summed E-state index contributed by atoms with van der Waals surface area (Å²) in [5, 5.41) is 5.06. The third-order valence-corrected chi connectivity index (χ3v) is 10.3. The van der Waals surface area contributed by atoms with Crippen LogP contribution in [-0.2, 0) is 0 Å². The van der Waals surface area contributed by atoms with Crippen LogP contribution in [0.25, 0.3) is 43.8 Å². The molecular formula is C52H40N2. The number of nitrogens with zero attached hydrogens (tertiary/aromatic N) is 2. The number of benzene rings is 9. The molecule has 9 rings (SSSR count). The van der Waals surface area contributed by atoms with E-state index in [4.69, 9.17) is 0 Å². The van der Waals surface area contributed by atoms with Crippen molar-refractivity contribution in [2.45, 2.75) is 13.8 Å². The molecule has 54 heavy (non-hydrogen) atoms. The molecular weight excluding hydrogens is 653 g/mol.